The van der Waals surface area contributed by atoms with Gasteiger partial charge in [0.25, 0.3) is 5.91 Å². The van der Waals surface area contributed by atoms with Crippen molar-refractivity contribution in [1.29, 1.82) is 0 Å². The zero-order valence-corrected chi connectivity index (χ0v) is 12.7. The van der Waals surface area contributed by atoms with E-state index >= 15 is 0 Å². The monoisotopic (exact) mass is 308 g/mol. The van der Waals surface area contributed by atoms with E-state index in [0.29, 0.717) is 23.2 Å². The fourth-order valence-electron chi connectivity index (χ4n) is 1.73. The molecule has 2 aromatic rings. The molecule has 0 aliphatic carbocycles. The summed E-state index contributed by atoms with van der Waals surface area (Å²) in [4.78, 5) is 22.2. The van der Waals surface area contributed by atoms with Gasteiger partial charge in [0.2, 0.25) is 0 Å². The smallest absolute Gasteiger partial charge is 0.274 e. The van der Waals surface area contributed by atoms with Crippen LogP contribution in [-0.4, -0.2) is 44.6 Å². The fourth-order valence-corrected chi connectivity index (χ4v) is 1.91. The SMILES string of the molecule is CCCNc1ccc(Cl)c(C(=O)N(C)Cc2ncn[nH]2)n1. The standard InChI is InChI=1S/C13H17ClN6O/c1-3-6-15-10-5-4-9(14)12(18-10)13(21)20(2)7-11-16-8-17-19-11/h4-5,8H,3,6-7H2,1-2H3,(H,15,18)(H,16,17,19). The van der Waals surface area contributed by atoms with E-state index < -0.39 is 0 Å². The van der Waals surface area contributed by atoms with Crippen molar-refractivity contribution in [1.82, 2.24) is 25.1 Å². The van der Waals surface area contributed by atoms with Crippen LogP contribution in [0.4, 0.5) is 5.82 Å². The number of pyridine rings is 1. The Bertz CT molecular complexity index is 601. The number of hydrogen-bond acceptors (Lipinski definition) is 5. The molecule has 2 heterocycles. The number of aromatic nitrogens is 4. The van der Waals surface area contributed by atoms with Crippen molar-refractivity contribution in [3.8, 4) is 0 Å². The highest BCUT2D eigenvalue weighted by molar-refractivity contribution is 6.33. The van der Waals surface area contributed by atoms with E-state index in [1.807, 2.05) is 0 Å². The molecule has 0 unspecified atom stereocenters. The fraction of sp³-hybridized carbons (Fsp3) is 0.385. The average Bonchev–Trinajstić information content (AvgIpc) is 2.98. The van der Waals surface area contributed by atoms with Crippen LogP contribution in [0.5, 0.6) is 0 Å². The number of nitrogens with zero attached hydrogens (tertiary/aromatic N) is 4. The van der Waals surface area contributed by atoms with Crippen LogP contribution in [0.25, 0.3) is 0 Å². The molecule has 0 bridgehead atoms. The van der Waals surface area contributed by atoms with Crippen LogP contribution in [0.2, 0.25) is 5.02 Å². The predicted octanol–water partition coefficient (Wildman–Crippen LogP) is 1.95. The number of aromatic amines is 1. The van der Waals surface area contributed by atoms with Crippen molar-refractivity contribution < 1.29 is 4.79 Å². The summed E-state index contributed by atoms with van der Waals surface area (Å²) in [6, 6.07) is 3.42. The molecule has 0 saturated carbocycles. The first-order valence-electron chi connectivity index (χ1n) is 6.62. The Labute approximate surface area is 127 Å². The number of halogens is 1. The Kier molecular flexibility index (Phi) is 5.10. The van der Waals surface area contributed by atoms with Gasteiger partial charge in [0, 0.05) is 13.6 Å². The largest absolute Gasteiger partial charge is 0.370 e. The molecule has 2 aromatic heterocycles. The summed E-state index contributed by atoms with van der Waals surface area (Å²) in [5.41, 5.74) is 0.222. The van der Waals surface area contributed by atoms with Crippen molar-refractivity contribution in [3.63, 3.8) is 0 Å². The molecule has 0 radical (unpaired) electrons. The third kappa shape index (κ3) is 3.91. The second-order valence-corrected chi connectivity index (χ2v) is 4.95. The third-order valence-corrected chi connectivity index (χ3v) is 3.11. The maximum absolute atomic E-state index is 12.4. The first-order chi connectivity index (χ1) is 10.1. The topological polar surface area (TPSA) is 86.8 Å². The molecular weight excluding hydrogens is 292 g/mol. The Hall–Kier alpha value is -2.15. The molecule has 0 aliphatic rings. The first kappa shape index (κ1) is 15.2. The van der Waals surface area contributed by atoms with Crippen LogP contribution in [0.15, 0.2) is 18.5 Å². The van der Waals surface area contributed by atoms with E-state index in [2.05, 4.69) is 32.4 Å². The van der Waals surface area contributed by atoms with Gasteiger partial charge in [0.15, 0.2) is 0 Å². The summed E-state index contributed by atoms with van der Waals surface area (Å²) in [6.07, 6.45) is 2.37. The van der Waals surface area contributed by atoms with Gasteiger partial charge in [-0.2, -0.15) is 5.10 Å². The molecule has 8 heteroatoms. The van der Waals surface area contributed by atoms with E-state index in [9.17, 15) is 4.79 Å². The summed E-state index contributed by atoms with van der Waals surface area (Å²) in [7, 11) is 1.66. The van der Waals surface area contributed by atoms with Gasteiger partial charge >= 0.3 is 0 Å². The van der Waals surface area contributed by atoms with Crippen molar-refractivity contribution >= 4 is 23.3 Å². The van der Waals surface area contributed by atoms with Gasteiger partial charge in [-0.05, 0) is 18.6 Å². The summed E-state index contributed by atoms with van der Waals surface area (Å²) in [5, 5.41) is 9.91. The summed E-state index contributed by atoms with van der Waals surface area (Å²) >= 11 is 6.08. The van der Waals surface area contributed by atoms with Gasteiger partial charge in [0.05, 0.1) is 11.6 Å². The van der Waals surface area contributed by atoms with Crippen LogP contribution in [-0.2, 0) is 6.54 Å². The molecule has 2 N–H and O–H groups in total. The Balaban J connectivity index is 2.13. The molecule has 0 atom stereocenters. The summed E-state index contributed by atoms with van der Waals surface area (Å²) < 4.78 is 0. The molecule has 21 heavy (non-hydrogen) atoms. The first-order valence-corrected chi connectivity index (χ1v) is 6.99. The van der Waals surface area contributed by atoms with Gasteiger partial charge in [-0.25, -0.2) is 9.97 Å². The minimum absolute atomic E-state index is 0.222. The summed E-state index contributed by atoms with van der Waals surface area (Å²) in [6.45, 7) is 3.15. The second-order valence-electron chi connectivity index (χ2n) is 4.55. The Morgan fingerprint density at radius 2 is 2.29 bits per heavy atom. The Morgan fingerprint density at radius 3 is 2.95 bits per heavy atom. The highest BCUT2D eigenvalue weighted by atomic mass is 35.5. The van der Waals surface area contributed by atoms with Gasteiger partial charge in [-0.1, -0.05) is 18.5 Å². The molecule has 7 nitrogen and oxygen atoms in total. The molecule has 112 valence electrons. The molecule has 0 saturated heterocycles. The zero-order valence-electron chi connectivity index (χ0n) is 11.9. The van der Waals surface area contributed by atoms with E-state index in [1.54, 1.807) is 19.2 Å². The highest BCUT2D eigenvalue weighted by Gasteiger charge is 2.18. The number of nitrogens with one attached hydrogen (secondary N) is 2. The number of anilines is 1. The van der Waals surface area contributed by atoms with E-state index in [1.165, 1.54) is 11.2 Å². The molecule has 0 fully saturated rings. The van der Waals surface area contributed by atoms with Gasteiger partial charge in [-0.3, -0.25) is 9.89 Å². The number of carbonyl (C=O) groups is 1. The van der Waals surface area contributed by atoms with Gasteiger partial charge in [0.1, 0.15) is 23.7 Å². The minimum Gasteiger partial charge on any atom is -0.370 e. The lowest BCUT2D eigenvalue weighted by atomic mass is 10.3. The lowest BCUT2D eigenvalue weighted by Crippen LogP contribution is -2.28. The molecule has 0 aliphatic heterocycles. The number of H-pyrrole nitrogens is 1. The highest BCUT2D eigenvalue weighted by Crippen LogP contribution is 2.18. The minimum atomic E-state index is -0.267. The number of rotatable bonds is 6. The molecule has 2 rings (SSSR count). The lowest BCUT2D eigenvalue weighted by molar-refractivity contribution is 0.0776. The predicted molar refractivity (Wildman–Crippen MR) is 80.2 cm³/mol. The van der Waals surface area contributed by atoms with Crippen molar-refractivity contribution in [2.45, 2.75) is 19.9 Å². The van der Waals surface area contributed by atoms with Crippen LogP contribution >= 0.6 is 11.6 Å². The maximum Gasteiger partial charge on any atom is 0.274 e. The molecule has 0 spiro atoms. The van der Waals surface area contributed by atoms with Crippen molar-refractivity contribution in [2.24, 2.45) is 0 Å². The van der Waals surface area contributed by atoms with Crippen LogP contribution in [0, 0.1) is 0 Å². The van der Waals surface area contributed by atoms with E-state index in [-0.39, 0.29) is 11.6 Å². The van der Waals surface area contributed by atoms with Crippen LogP contribution in [0.1, 0.15) is 29.7 Å². The zero-order chi connectivity index (χ0) is 15.2. The number of carbonyl (C=O) groups excluding carboxylic acids is 1. The van der Waals surface area contributed by atoms with Gasteiger partial charge < -0.3 is 10.2 Å². The quantitative estimate of drug-likeness (QED) is 0.851. The van der Waals surface area contributed by atoms with E-state index in [4.69, 9.17) is 11.6 Å². The van der Waals surface area contributed by atoms with E-state index in [0.717, 1.165) is 13.0 Å². The van der Waals surface area contributed by atoms with Crippen molar-refractivity contribution in [2.75, 3.05) is 18.9 Å². The third-order valence-electron chi connectivity index (χ3n) is 2.80. The maximum atomic E-state index is 12.4. The van der Waals surface area contributed by atoms with Crippen molar-refractivity contribution in [3.05, 3.63) is 35.0 Å². The number of hydrogen-bond donors (Lipinski definition) is 2. The second kappa shape index (κ2) is 7.03. The molecular formula is C13H17ClN6O. The van der Waals surface area contributed by atoms with Crippen LogP contribution in [0.3, 0.4) is 0 Å². The normalized spacial score (nSPS) is 10.4. The number of amides is 1. The Morgan fingerprint density at radius 1 is 1.48 bits per heavy atom. The molecule has 1 amide bonds. The molecule has 0 aromatic carbocycles. The summed E-state index contributed by atoms with van der Waals surface area (Å²) in [5.74, 6) is 0.969. The lowest BCUT2D eigenvalue weighted by Gasteiger charge is -2.16. The van der Waals surface area contributed by atoms with Gasteiger partial charge in [-0.15, -0.1) is 0 Å². The van der Waals surface area contributed by atoms with Crippen LogP contribution < -0.4 is 5.32 Å². The average molecular weight is 309 g/mol.